The lowest BCUT2D eigenvalue weighted by molar-refractivity contribution is -0.116. The molecule has 0 aliphatic rings. The minimum atomic E-state index is -0.157. The Labute approximate surface area is 128 Å². The Balaban J connectivity index is 1.54. The average molecular weight is 293 g/mol. The molecule has 0 unspecified atom stereocenters. The van der Waals surface area contributed by atoms with Crippen LogP contribution in [0, 0.1) is 0 Å². The van der Waals surface area contributed by atoms with Crippen molar-refractivity contribution in [2.45, 2.75) is 6.54 Å². The van der Waals surface area contributed by atoms with E-state index in [0.717, 1.165) is 16.7 Å². The average Bonchev–Trinajstić information content (AvgIpc) is 3.24. The number of furan rings is 2. The van der Waals surface area contributed by atoms with E-state index >= 15 is 0 Å². The van der Waals surface area contributed by atoms with Gasteiger partial charge in [-0.2, -0.15) is 0 Å². The van der Waals surface area contributed by atoms with Crippen LogP contribution in [0.25, 0.3) is 17.2 Å². The van der Waals surface area contributed by atoms with E-state index in [1.165, 1.54) is 6.08 Å². The van der Waals surface area contributed by atoms with E-state index in [2.05, 4.69) is 5.32 Å². The summed E-state index contributed by atoms with van der Waals surface area (Å²) in [7, 11) is 0. The van der Waals surface area contributed by atoms with Gasteiger partial charge in [0.2, 0.25) is 5.91 Å². The highest BCUT2D eigenvalue weighted by atomic mass is 16.3. The molecule has 3 aromatic rings. The summed E-state index contributed by atoms with van der Waals surface area (Å²) < 4.78 is 10.2. The molecular formula is C18H15NO3. The maximum absolute atomic E-state index is 11.7. The number of carbonyl (C=O) groups is 1. The van der Waals surface area contributed by atoms with Crippen LogP contribution in [-0.2, 0) is 11.3 Å². The second kappa shape index (κ2) is 6.63. The van der Waals surface area contributed by atoms with Gasteiger partial charge in [0, 0.05) is 18.2 Å². The molecule has 3 rings (SSSR count). The molecule has 0 saturated heterocycles. The molecule has 2 heterocycles. The van der Waals surface area contributed by atoms with Crippen LogP contribution in [0.3, 0.4) is 0 Å². The Hall–Kier alpha value is -3.01. The Bertz CT molecular complexity index is 738. The van der Waals surface area contributed by atoms with Gasteiger partial charge in [0.15, 0.2) is 0 Å². The van der Waals surface area contributed by atoms with Crippen molar-refractivity contribution in [1.82, 2.24) is 5.32 Å². The molecule has 110 valence electrons. The van der Waals surface area contributed by atoms with Crippen LogP contribution in [0.15, 0.2) is 76.2 Å². The Morgan fingerprint density at radius 3 is 2.59 bits per heavy atom. The molecule has 0 radical (unpaired) electrons. The number of hydrogen-bond donors (Lipinski definition) is 1. The van der Waals surface area contributed by atoms with Crippen molar-refractivity contribution in [3.8, 4) is 11.1 Å². The van der Waals surface area contributed by atoms with Gasteiger partial charge in [-0.25, -0.2) is 0 Å². The van der Waals surface area contributed by atoms with Crippen molar-refractivity contribution < 1.29 is 13.6 Å². The SMILES string of the molecule is O=C(C=Cc1ccco1)NCc1ccc(-c2ccoc2)cc1. The summed E-state index contributed by atoms with van der Waals surface area (Å²) in [5, 5.41) is 2.83. The Kier molecular flexibility index (Phi) is 4.20. The minimum Gasteiger partial charge on any atom is -0.472 e. The molecule has 1 aromatic carbocycles. The molecular weight excluding hydrogens is 278 g/mol. The van der Waals surface area contributed by atoms with E-state index in [4.69, 9.17) is 8.83 Å². The lowest BCUT2D eigenvalue weighted by Gasteiger charge is -2.04. The summed E-state index contributed by atoms with van der Waals surface area (Å²) in [6.45, 7) is 0.479. The molecule has 0 atom stereocenters. The van der Waals surface area contributed by atoms with Crippen LogP contribution in [0.5, 0.6) is 0 Å². The summed E-state index contributed by atoms with van der Waals surface area (Å²) >= 11 is 0. The van der Waals surface area contributed by atoms with E-state index in [1.807, 2.05) is 30.3 Å². The fraction of sp³-hybridized carbons (Fsp3) is 0.0556. The second-order valence-electron chi connectivity index (χ2n) is 4.78. The lowest BCUT2D eigenvalue weighted by Crippen LogP contribution is -2.20. The van der Waals surface area contributed by atoms with Crippen LogP contribution in [-0.4, -0.2) is 5.91 Å². The van der Waals surface area contributed by atoms with Gasteiger partial charge in [0.05, 0.1) is 18.8 Å². The third kappa shape index (κ3) is 3.55. The summed E-state index contributed by atoms with van der Waals surface area (Å²) in [5.74, 6) is 0.495. The monoisotopic (exact) mass is 293 g/mol. The molecule has 0 spiro atoms. The highest BCUT2D eigenvalue weighted by Gasteiger charge is 2.01. The number of amides is 1. The third-order valence-electron chi connectivity index (χ3n) is 3.22. The number of rotatable bonds is 5. The first-order chi connectivity index (χ1) is 10.8. The highest BCUT2D eigenvalue weighted by molar-refractivity contribution is 5.91. The van der Waals surface area contributed by atoms with Crippen LogP contribution in [0.2, 0.25) is 0 Å². The molecule has 0 aliphatic carbocycles. The standard InChI is InChI=1S/C18H15NO3/c20-18(8-7-17-2-1-10-22-17)19-12-14-3-5-15(6-4-14)16-9-11-21-13-16/h1-11,13H,12H2,(H,19,20). The fourth-order valence-corrected chi connectivity index (χ4v) is 2.04. The molecule has 4 heteroatoms. The summed E-state index contributed by atoms with van der Waals surface area (Å²) in [6.07, 6.45) is 8.01. The predicted octanol–water partition coefficient (Wildman–Crippen LogP) is 3.87. The number of hydrogen-bond acceptors (Lipinski definition) is 3. The topological polar surface area (TPSA) is 55.4 Å². The largest absolute Gasteiger partial charge is 0.472 e. The van der Waals surface area contributed by atoms with Gasteiger partial charge in [0.1, 0.15) is 5.76 Å². The van der Waals surface area contributed by atoms with Crippen LogP contribution < -0.4 is 5.32 Å². The third-order valence-corrected chi connectivity index (χ3v) is 3.22. The molecule has 0 bridgehead atoms. The Morgan fingerprint density at radius 1 is 1.05 bits per heavy atom. The van der Waals surface area contributed by atoms with E-state index < -0.39 is 0 Å². The summed E-state index contributed by atoms with van der Waals surface area (Å²) in [6, 6.07) is 13.5. The molecule has 4 nitrogen and oxygen atoms in total. The molecule has 0 fully saturated rings. The van der Waals surface area contributed by atoms with E-state index in [1.54, 1.807) is 37.0 Å². The van der Waals surface area contributed by atoms with Crippen molar-refractivity contribution in [3.05, 3.63) is 78.7 Å². The zero-order valence-corrected chi connectivity index (χ0v) is 11.9. The van der Waals surface area contributed by atoms with Gasteiger partial charge in [0.25, 0.3) is 0 Å². The molecule has 2 aromatic heterocycles. The van der Waals surface area contributed by atoms with Crippen molar-refractivity contribution >= 4 is 12.0 Å². The van der Waals surface area contributed by atoms with E-state index in [-0.39, 0.29) is 5.91 Å². The van der Waals surface area contributed by atoms with Crippen molar-refractivity contribution in [2.75, 3.05) is 0 Å². The summed E-state index contributed by atoms with van der Waals surface area (Å²) in [4.78, 5) is 11.7. The summed E-state index contributed by atoms with van der Waals surface area (Å²) in [5.41, 5.74) is 3.16. The van der Waals surface area contributed by atoms with Gasteiger partial charge in [-0.3, -0.25) is 4.79 Å². The molecule has 1 N–H and O–H groups in total. The first-order valence-corrected chi connectivity index (χ1v) is 6.92. The van der Waals surface area contributed by atoms with Gasteiger partial charge >= 0.3 is 0 Å². The molecule has 0 saturated carbocycles. The minimum absolute atomic E-state index is 0.157. The maximum Gasteiger partial charge on any atom is 0.244 e. The van der Waals surface area contributed by atoms with Gasteiger partial charge in [-0.1, -0.05) is 24.3 Å². The lowest BCUT2D eigenvalue weighted by atomic mass is 10.1. The second-order valence-corrected chi connectivity index (χ2v) is 4.78. The van der Waals surface area contributed by atoms with E-state index in [9.17, 15) is 4.79 Å². The van der Waals surface area contributed by atoms with Crippen LogP contribution >= 0.6 is 0 Å². The maximum atomic E-state index is 11.7. The van der Waals surface area contributed by atoms with Crippen molar-refractivity contribution in [1.29, 1.82) is 0 Å². The van der Waals surface area contributed by atoms with Crippen LogP contribution in [0.4, 0.5) is 0 Å². The molecule has 22 heavy (non-hydrogen) atoms. The quantitative estimate of drug-likeness (QED) is 0.726. The smallest absolute Gasteiger partial charge is 0.244 e. The van der Waals surface area contributed by atoms with E-state index in [0.29, 0.717) is 12.3 Å². The number of benzene rings is 1. The van der Waals surface area contributed by atoms with Gasteiger partial charge < -0.3 is 14.2 Å². The fourth-order valence-electron chi connectivity index (χ4n) is 2.04. The zero-order chi connectivity index (χ0) is 15.2. The molecule has 0 aliphatic heterocycles. The zero-order valence-electron chi connectivity index (χ0n) is 11.9. The number of nitrogens with one attached hydrogen (secondary N) is 1. The van der Waals surface area contributed by atoms with Crippen molar-refractivity contribution in [3.63, 3.8) is 0 Å². The highest BCUT2D eigenvalue weighted by Crippen LogP contribution is 2.19. The van der Waals surface area contributed by atoms with Crippen LogP contribution in [0.1, 0.15) is 11.3 Å². The molecule has 1 amide bonds. The van der Waals surface area contributed by atoms with Crippen molar-refractivity contribution in [2.24, 2.45) is 0 Å². The predicted molar refractivity (Wildman–Crippen MR) is 83.7 cm³/mol. The van der Waals surface area contributed by atoms with Gasteiger partial charge in [-0.05, 0) is 35.4 Å². The Morgan fingerprint density at radius 2 is 1.91 bits per heavy atom. The van der Waals surface area contributed by atoms with Gasteiger partial charge in [-0.15, -0.1) is 0 Å². The first kappa shape index (κ1) is 13.9. The first-order valence-electron chi connectivity index (χ1n) is 6.92. The number of carbonyl (C=O) groups excluding carboxylic acids is 1. The normalized spacial score (nSPS) is 10.9.